The summed E-state index contributed by atoms with van der Waals surface area (Å²) < 4.78 is 15.3. The number of rotatable bonds is 2. The zero-order chi connectivity index (χ0) is 31.8. The molecule has 5 heteroatoms. The van der Waals surface area contributed by atoms with Crippen LogP contribution in [0.1, 0.15) is 0 Å². The van der Waals surface area contributed by atoms with Gasteiger partial charge in [0.25, 0.3) is 0 Å². The minimum absolute atomic E-state index is 0.597. The molecule has 0 saturated heterocycles. The first-order chi connectivity index (χ1) is 24.3. The van der Waals surface area contributed by atoms with Crippen LogP contribution in [0.2, 0.25) is 0 Å². The third kappa shape index (κ3) is 3.24. The number of hydrogen-bond donors (Lipinski definition) is 0. The van der Waals surface area contributed by atoms with Crippen LogP contribution < -0.4 is 0 Å². The smallest absolute Gasteiger partial charge is 0.236 e. The van der Waals surface area contributed by atoms with Gasteiger partial charge in [0.2, 0.25) is 5.95 Å². The fourth-order valence-electron chi connectivity index (χ4n) is 8.29. The highest BCUT2D eigenvalue weighted by Gasteiger charge is 2.25. The summed E-state index contributed by atoms with van der Waals surface area (Å²) in [6.45, 7) is 0. The van der Waals surface area contributed by atoms with E-state index >= 15 is 0 Å². The van der Waals surface area contributed by atoms with Crippen molar-refractivity contribution < 1.29 is 8.83 Å². The van der Waals surface area contributed by atoms with E-state index in [-0.39, 0.29) is 0 Å². The predicted octanol–water partition coefficient (Wildman–Crippen LogP) is 11.9. The summed E-state index contributed by atoms with van der Waals surface area (Å²) in [5, 5.41) is 12.6. The van der Waals surface area contributed by atoms with Crippen LogP contribution in [0, 0.1) is 0 Å². The number of para-hydroxylation sites is 1. The van der Waals surface area contributed by atoms with Crippen molar-refractivity contribution in [3.8, 4) is 17.2 Å². The number of nitrogens with zero attached hydrogens (tertiary/aromatic N) is 3. The highest BCUT2D eigenvalue weighted by atomic mass is 16.3. The SMILES string of the molecule is c1ccc2cc(-c3nc(-n4c5cccc6c7ccccc7c7cccc8oc9ccc4c(c9c87)c65)nc4c3oc3ccccc34)ccc2c1. The molecule has 0 aliphatic rings. The van der Waals surface area contributed by atoms with Crippen molar-refractivity contribution >= 4 is 98.1 Å². The van der Waals surface area contributed by atoms with Crippen molar-refractivity contribution in [1.82, 2.24) is 14.5 Å². The highest BCUT2D eigenvalue weighted by molar-refractivity contribution is 6.38. The first kappa shape index (κ1) is 25.4. The van der Waals surface area contributed by atoms with Gasteiger partial charge >= 0.3 is 0 Å². The van der Waals surface area contributed by atoms with Crippen molar-refractivity contribution in [2.24, 2.45) is 0 Å². The van der Waals surface area contributed by atoms with Crippen molar-refractivity contribution in [2.45, 2.75) is 0 Å². The molecule has 4 heterocycles. The van der Waals surface area contributed by atoms with E-state index in [9.17, 15) is 0 Å². The number of fused-ring (bicyclic) bond motifs is 7. The van der Waals surface area contributed by atoms with Crippen molar-refractivity contribution in [1.29, 1.82) is 0 Å². The molecule has 0 aliphatic heterocycles. The minimum Gasteiger partial charge on any atom is -0.456 e. The maximum Gasteiger partial charge on any atom is 0.236 e. The van der Waals surface area contributed by atoms with Crippen LogP contribution in [0.3, 0.4) is 0 Å². The Balaban J connectivity index is 1.30. The molecule has 0 radical (unpaired) electrons. The predicted molar refractivity (Wildman–Crippen MR) is 200 cm³/mol. The number of hydrogen-bond acceptors (Lipinski definition) is 4. The molecule has 5 nitrogen and oxygen atoms in total. The molecule has 0 amide bonds. The van der Waals surface area contributed by atoms with Gasteiger partial charge in [-0.1, -0.05) is 97.1 Å². The molecule has 0 aliphatic carbocycles. The molecule has 0 atom stereocenters. The quantitative estimate of drug-likeness (QED) is 0.192. The van der Waals surface area contributed by atoms with Crippen LogP contribution in [0.25, 0.3) is 115 Å². The van der Waals surface area contributed by atoms with Crippen LogP contribution in [-0.4, -0.2) is 14.5 Å². The largest absolute Gasteiger partial charge is 0.456 e. The average molecular weight is 626 g/mol. The van der Waals surface area contributed by atoms with Crippen LogP contribution in [0.4, 0.5) is 0 Å². The van der Waals surface area contributed by atoms with E-state index in [1.807, 2.05) is 18.2 Å². The van der Waals surface area contributed by atoms with Gasteiger partial charge in [0, 0.05) is 32.5 Å². The summed E-state index contributed by atoms with van der Waals surface area (Å²) in [4.78, 5) is 10.7. The first-order valence-corrected chi connectivity index (χ1v) is 16.5. The van der Waals surface area contributed by atoms with Crippen LogP contribution in [-0.2, 0) is 0 Å². The lowest BCUT2D eigenvalue weighted by Crippen LogP contribution is -2.02. The second-order valence-electron chi connectivity index (χ2n) is 12.9. The average Bonchev–Trinajstić information content (AvgIpc) is 3.83. The van der Waals surface area contributed by atoms with E-state index in [0.717, 1.165) is 71.5 Å². The first-order valence-electron chi connectivity index (χ1n) is 16.5. The zero-order valence-electron chi connectivity index (χ0n) is 25.9. The Kier molecular flexibility index (Phi) is 4.66. The fraction of sp³-hybridized carbons (Fsp3) is 0. The van der Waals surface area contributed by atoms with Crippen molar-refractivity contribution in [3.63, 3.8) is 0 Å². The van der Waals surface area contributed by atoms with Crippen LogP contribution in [0.15, 0.2) is 148 Å². The molecular formula is C44H23N3O2. The standard InChI is InChI=1S/C44H23N3O2/c1-2-10-25-23-26(20-19-24(25)9-1)41-43-42(31-13-5-6-17-34(31)49-43)46-44(45-41)47-32-16-7-14-29-27-11-3-4-12-28(27)30-15-8-18-35-38(30)40-36(48-35)22-21-33(47)39(40)37(29)32/h1-23H. The minimum atomic E-state index is 0.597. The molecule has 4 aromatic heterocycles. The van der Waals surface area contributed by atoms with E-state index < -0.39 is 0 Å². The molecule has 49 heavy (non-hydrogen) atoms. The number of benzene rings is 7. The van der Waals surface area contributed by atoms with Crippen molar-refractivity contribution in [3.05, 3.63) is 140 Å². The van der Waals surface area contributed by atoms with Gasteiger partial charge in [-0.05, 0) is 74.8 Å². The molecule has 0 unspecified atom stereocenters. The second-order valence-corrected chi connectivity index (χ2v) is 12.9. The maximum absolute atomic E-state index is 6.56. The molecule has 12 aromatic rings. The van der Waals surface area contributed by atoms with E-state index in [4.69, 9.17) is 18.8 Å². The molecule has 226 valence electrons. The van der Waals surface area contributed by atoms with Gasteiger partial charge in [0.15, 0.2) is 5.58 Å². The molecule has 8 aromatic carbocycles. The summed E-state index contributed by atoms with van der Waals surface area (Å²) in [6.07, 6.45) is 0. The van der Waals surface area contributed by atoms with Crippen molar-refractivity contribution in [2.75, 3.05) is 0 Å². The Labute approximate surface area is 277 Å². The summed E-state index contributed by atoms with van der Waals surface area (Å²) in [5.74, 6) is 0.597. The zero-order valence-corrected chi connectivity index (χ0v) is 25.9. The molecular weight excluding hydrogens is 603 g/mol. The van der Waals surface area contributed by atoms with Gasteiger partial charge < -0.3 is 8.83 Å². The lowest BCUT2D eigenvalue weighted by Gasteiger charge is -2.10. The summed E-state index contributed by atoms with van der Waals surface area (Å²) >= 11 is 0. The lowest BCUT2D eigenvalue weighted by atomic mass is 9.95. The molecule has 0 bridgehead atoms. The topological polar surface area (TPSA) is 57.0 Å². The van der Waals surface area contributed by atoms with E-state index in [0.29, 0.717) is 11.5 Å². The van der Waals surface area contributed by atoms with E-state index in [1.54, 1.807) is 0 Å². The summed E-state index contributed by atoms with van der Waals surface area (Å²) in [5.41, 5.74) is 7.84. The Hall–Kier alpha value is -6.72. The highest BCUT2D eigenvalue weighted by Crippen LogP contribution is 2.47. The van der Waals surface area contributed by atoms with E-state index in [2.05, 4.69) is 126 Å². The number of aromatic nitrogens is 3. The van der Waals surface area contributed by atoms with Crippen LogP contribution >= 0.6 is 0 Å². The van der Waals surface area contributed by atoms with Gasteiger partial charge in [-0.15, -0.1) is 0 Å². The molecule has 0 spiro atoms. The molecule has 0 saturated carbocycles. The summed E-state index contributed by atoms with van der Waals surface area (Å²) in [6, 6.07) is 48.9. The monoisotopic (exact) mass is 625 g/mol. The van der Waals surface area contributed by atoms with E-state index in [1.165, 1.54) is 32.3 Å². The van der Waals surface area contributed by atoms with Gasteiger partial charge in [0.05, 0.1) is 11.0 Å². The third-order valence-corrected chi connectivity index (χ3v) is 10.4. The van der Waals surface area contributed by atoms with Crippen LogP contribution in [0.5, 0.6) is 0 Å². The molecule has 0 N–H and O–H groups in total. The fourth-order valence-corrected chi connectivity index (χ4v) is 8.29. The Bertz CT molecular complexity index is 3340. The van der Waals surface area contributed by atoms with Gasteiger partial charge in [-0.25, -0.2) is 9.97 Å². The Morgan fingerprint density at radius 3 is 1.98 bits per heavy atom. The molecule has 12 rings (SSSR count). The van der Waals surface area contributed by atoms with Gasteiger partial charge in [-0.3, -0.25) is 4.57 Å². The number of furan rings is 2. The summed E-state index contributed by atoms with van der Waals surface area (Å²) in [7, 11) is 0. The Morgan fingerprint density at radius 1 is 0.429 bits per heavy atom. The lowest BCUT2D eigenvalue weighted by molar-refractivity contribution is 0.666. The third-order valence-electron chi connectivity index (χ3n) is 10.4. The second kappa shape index (κ2) is 9.00. The maximum atomic E-state index is 6.56. The Morgan fingerprint density at radius 2 is 1.10 bits per heavy atom. The van der Waals surface area contributed by atoms with Gasteiger partial charge in [0.1, 0.15) is 28.0 Å². The van der Waals surface area contributed by atoms with Gasteiger partial charge in [-0.2, -0.15) is 0 Å². The molecule has 0 fully saturated rings. The normalized spacial score (nSPS) is 12.5.